The number of hydrazine groups is 1. The summed E-state index contributed by atoms with van der Waals surface area (Å²) in [5.74, 6) is 3.93. The van der Waals surface area contributed by atoms with Gasteiger partial charge in [0.1, 0.15) is 0 Å². The average Bonchev–Trinajstić information content (AvgIpc) is 2.26. The molecule has 4 N–H and O–H groups in total. The monoisotopic (exact) mass is 199 g/mol. The minimum absolute atomic E-state index is 0.526. The number of nitrogens with one attached hydrogen (secondary N) is 2. The Hall–Kier alpha value is -1.10. The number of amides is 2. The number of hydrogen-bond donors (Lipinski definition) is 3. The lowest BCUT2D eigenvalue weighted by Gasteiger charge is -2.21. The summed E-state index contributed by atoms with van der Waals surface area (Å²) in [6.45, 7) is 0.590. The van der Waals surface area contributed by atoms with Crippen molar-refractivity contribution < 1.29 is 9.59 Å². The molecule has 5 nitrogen and oxygen atoms in total. The molecule has 0 radical (unpaired) electrons. The molecule has 1 aliphatic rings. The third-order valence-electron chi connectivity index (χ3n) is 2.61. The SMILES string of the molecule is NNC(=O)C(=O)NCC1CCCCC1. The second-order valence-corrected chi connectivity index (χ2v) is 3.69. The van der Waals surface area contributed by atoms with E-state index in [-0.39, 0.29) is 0 Å². The van der Waals surface area contributed by atoms with E-state index in [9.17, 15) is 9.59 Å². The lowest BCUT2D eigenvalue weighted by molar-refractivity contribution is -0.139. The highest BCUT2D eigenvalue weighted by atomic mass is 16.2. The molecule has 5 heteroatoms. The topological polar surface area (TPSA) is 84.2 Å². The van der Waals surface area contributed by atoms with Crippen LogP contribution in [0.15, 0.2) is 0 Å². The van der Waals surface area contributed by atoms with Crippen molar-refractivity contribution in [2.24, 2.45) is 11.8 Å². The fraction of sp³-hybridized carbons (Fsp3) is 0.778. The molecule has 2 amide bonds. The van der Waals surface area contributed by atoms with E-state index in [0.717, 1.165) is 12.8 Å². The Morgan fingerprint density at radius 1 is 1.14 bits per heavy atom. The van der Waals surface area contributed by atoms with Gasteiger partial charge >= 0.3 is 11.8 Å². The summed E-state index contributed by atoms with van der Waals surface area (Å²) < 4.78 is 0. The highest BCUT2D eigenvalue weighted by Crippen LogP contribution is 2.22. The minimum atomic E-state index is -0.777. The smallest absolute Gasteiger partial charge is 0.323 e. The lowest BCUT2D eigenvalue weighted by Crippen LogP contribution is -2.44. The van der Waals surface area contributed by atoms with Crippen LogP contribution in [-0.4, -0.2) is 18.4 Å². The van der Waals surface area contributed by atoms with E-state index in [0.29, 0.717) is 12.5 Å². The van der Waals surface area contributed by atoms with Crippen LogP contribution in [0, 0.1) is 5.92 Å². The Labute approximate surface area is 83.4 Å². The van der Waals surface area contributed by atoms with Gasteiger partial charge in [0.2, 0.25) is 0 Å². The van der Waals surface area contributed by atoms with Crippen LogP contribution in [0.3, 0.4) is 0 Å². The van der Waals surface area contributed by atoms with E-state index < -0.39 is 11.8 Å². The molecule has 0 spiro atoms. The van der Waals surface area contributed by atoms with E-state index in [1.807, 2.05) is 0 Å². The zero-order valence-corrected chi connectivity index (χ0v) is 8.21. The number of carbonyl (C=O) groups excluding carboxylic acids is 2. The zero-order valence-electron chi connectivity index (χ0n) is 8.21. The van der Waals surface area contributed by atoms with Gasteiger partial charge in [0, 0.05) is 6.54 Å². The van der Waals surface area contributed by atoms with Crippen molar-refractivity contribution in [3.05, 3.63) is 0 Å². The Bertz CT molecular complexity index is 212. The van der Waals surface area contributed by atoms with Crippen LogP contribution in [-0.2, 0) is 9.59 Å². The normalized spacial score (nSPS) is 17.5. The summed E-state index contributed by atoms with van der Waals surface area (Å²) in [7, 11) is 0. The van der Waals surface area contributed by atoms with Crippen molar-refractivity contribution in [2.75, 3.05) is 6.54 Å². The first-order valence-electron chi connectivity index (χ1n) is 5.03. The maximum atomic E-state index is 11.0. The van der Waals surface area contributed by atoms with E-state index in [1.165, 1.54) is 19.3 Å². The fourth-order valence-corrected chi connectivity index (χ4v) is 1.77. The molecular weight excluding hydrogens is 182 g/mol. The number of hydrogen-bond acceptors (Lipinski definition) is 3. The Morgan fingerprint density at radius 3 is 2.36 bits per heavy atom. The zero-order chi connectivity index (χ0) is 10.4. The fourth-order valence-electron chi connectivity index (χ4n) is 1.77. The Morgan fingerprint density at radius 2 is 1.79 bits per heavy atom. The van der Waals surface area contributed by atoms with E-state index in [4.69, 9.17) is 5.84 Å². The first-order chi connectivity index (χ1) is 6.74. The van der Waals surface area contributed by atoms with E-state index >= 15 is 0 Å². The molecule has 0 heterocycles. The molecule has 0 aromatic rings. The van der Waals surface area contributed by atoms with Crippen LogP contribution in [0.2, 0.25) is 0 Å². The summed E-state index contributed by atoms with van der Waals surface area (Å²) >= 11 is 0. The highest BCUT2D eigenvalue weighted by Gasteiger charge is 2.16. The van der Waals surface area contributed by atoms with Gasteiger partial charge in [-0.1, -0.05) is 19.3 Å². The van der Waals surface area contributed by atoms with E-state index in [2.05, 4.69) is 5.32 Å². The Kier molecular flexibility index (Phi) is 4.39. The standard InChI is InChI=1S/C9H17N3O2/c10-12-9(14)8(13)11-6-7-4-2-1-3-5-7/h7H,1-6,10H2,(H,11,13)(H,12,14). The molecule has 0 saturated heterocycles. The molecule has 0 bridgehead atoms. The summed E-state index contributed by atoms with van der Waals surface area (Å²) in [5.41, 5.74) is 1.80. The van der Waals surface area contributed by atoms with E-state index in [1.54, 1.807) is 5.43 Å². The molecule has 0 aromatic heterocycles. The largest absolute Gasteiger partial charge is 0.348 e. The highest BCUT2D eigenvalue weighted by molar-refractivity contribution is 6.34. The molecule has 0 aliphatic heterocycles. The third-order valence-corrected chi connectivity index (χ3v) is 2.61. The average molecular weight is 199 g/mol. The summed E-state index contributed by atoms with van der Waals surface area (Å²) in [5, 5.41) is 2.57. The minimum Gasteiger partial charge on any atom is -0.348 e. The van der Waals surface area contributed by atoms with Crippen molar-refractivity contribution in [2.45, 2.75) is 32.1 Å². The molecule has 80 valence electrons. The van der Waals surface area contributed by atoms with Gasteiger partial charge in [0.05, 0.1) is 0 Å². The molecule has 14 heavy (non-hydrogen) atoms. The van der Waals surface area contributed by atoms with Gasteiger partial charge in [0.15, 0.2) is 0 Å². The quantitative estimate of drug-likeness (QED) is 0.246. The number of nitrogens with two attached hydrogens (primary N) is 1. The number of carbonyl (C=O) groups is 2. The predicted octanol–water partition coefficient (Wildman–Crippen LogP) is -0.327. The first kappa shape index (κ1) is 11.0. The Balaban J connectivity index is 2.18. The van der Waals surface area contributed by atoms with Crippen LogP contribution in [0.5, 0.6) is 0 Å². The first-order valence-corrected chi connectivity index (χ1v) is 5.03. The molecule has 0 unspecified atom stereocenters. The van der Waals surface area contributed by atoms with Crippen molar-refractivity contribution in [3.8, 4) is 0 Å². The summed E-state index contributed by atoms with van der Waals surface area (Å²) in [4.78, 5) is 21.7. The molecule has 0 aromatic carbocycles. The van der Waals surface area contributed by atoms with Gasteiger partial charge in [-0.2, -0.15) is 0 Å². The maximum Gasteiger partial charge on any atom is 0.323 e. The van der Waals surface area contributed by atoms with Gasteiger partial charge in [-0.25, -0.2) is 5.84 Å². The third kappa shape index (κ3) is 3.33. The van der Waals surface area contributed by atoms with Gasteiger partial charge < -0.3 is 5.32 Å². The molecule has 1 fully saturated rings. The van der Waals surface area contributed by atoms with Crippen LogP contribution in [0.25, 0.3) is 0 Å². The van der Waals surface area contributed by atoms with Crippen molar-refractivity contribution >= 4 is 11.8 Å². The van der Waals surface area contributed by atoms with Crippen molar-refractivity contribution in [1.29, 1.82) is 0 Å². The molecule has 0 atom stereocenters. The van der Waals surface area contributed by atoms with Crippen LogP contribution < -0.4 is 16.6 Å². The van der Waals surface area contributed by atoms with Gasteiger partial charge in [-0.05, 0) is 18.8 Å². The molecule has 1 aliphatic carbocycles. The maximum absolute atomic E-state index is 11.0. The summed E-state index contributed by atoms with van der Waals surface area (Å²) in [6.07, 6.45) is 6.02. The van der Waals surface area contributed by atoms with Crippen molar-refractivity contribution in [1.82, 2.24) is 10.7 Å². The van der Waals surface area contributed by atoms with Crippen LogP contribution in [0.1, 0.15) is 32.1 Å². The van der Waals surface area contributed by atoms with Gasteiger partial charge in [-0.3, -0.25) is 15.0 Å². The van der Waals surface area contributed by atoms with Crippen molar-refractivity contribution in [3.63, 3.8) is 0 Å². The molecule has 1 saturated carbocycles. The van der Waals surface area contributed by atoms with Gasteiger partial charge in [0.25, 0.3) is 0 Å². The molecular formula is C9H17N3O2. The van der Waals surface area contributed by atoms with Crippen LogP contribution >= 0.6 is 0 Å². The predicted molar refractivity (Wildman–Crippen MR) is 51.9 cm³/mol. The van der Waals surface area contributed by atoms with Gasteiger partial charge in [-0.15, -0.1) is 0 Å². The van der Waals surface area contributed by atoms with Crippen LogP contribution in [0.4, 0.5) is 0 Å². The lowest BCUT2D eigenvalue weighted by atomic mass is 9.89. The second-order valence-electron chi connectivity index (χ2n) is 3.69. The second kappa shape index (κ2) is 5.59. The molecule has 1 rings (SSSR count). The summed E-state index contributed by atoms with van der Waals surface area (Å²) in [6, 6.07) is 0. The number of rotatable bonds is 2.